The van der Waals surface area contributed by atoms with Crippen molar-refractivity contribution in [2.75, 3.05) is 25.5 Å². The molecule has 5 heterocycles. The van der Waals surface area contributed by atoms with Gasteiger partial charge in [0.05, 0.1) is 11.1 Å². The molecule has 0 amide bonds. The Hall–Kier alpha value is -3.35. The molecule has 1 spiro atoms. The molecular weight excluding hydrogens is 408 g/mol. The number of aromatic nitrogens is 5. The lowest BCUT2D eigenvalue weighted by atomic mass is 9.59. The second-order valence-corrected chi connectivity index (χ2v) is 9.44. The Morgan fingerprint density at radius 3 is 2.84 bits per heavy atom. The van der Waals surface area contributed by atoms with Crippen LogP contribution in [0.1, 0.15) is 29.3 Å². The van der Waals surface area contributed by atoms with Crippen LogP contribution in [0.3, 0.4) is 0 Å². The van der Waals surface area contributed by atoms with E-state index < -0.39 is 0 Å². The fraction of sp³-hybridized carbons (Fsp3) is 0.318. The van der Waals surface area contributed by atoms with Crippen LogP contribution in [-0.2, 0) is 0 Å². The number of pyridine rings is 2. The van der Waals surface area contributed by atoms with Crippen molar-refractivity contribution in [1.82, 2.24) is 30.0 Å². The zero-order valence-corrected chi connectivity index (χ0v) is 17.8. The average molecular weight is 429 g/mol. The van der Waals surface area contributed by atoms with Gasteiger partial charge in [-0.05, 0) is 30.4 Å². The molecule has 1 aliphatic heterocycles. The van der Waals surface area contributed by atoms with Crippen molar-refractivity contribution in [2.45, 2.75) is 18.8 Å². The highest BCUT2D eigenvalue weighted by atomic mass is 32.1. The maximum atomic E-state index is 9.09. The molecule has 0 bridgehead atoms. The van der Waals surface area contributed by atoms with E-state index in [0.29, 0.717) is 16.9 Å². The number of nitrogens with zero attached hydrogens (tertiary/aromatic N) is 6. The number of nitrogens with one attached hydrogen (secondary N) is 2. The van der Waals surface area contributed by atoms with Gasteiger partial charge in [-0.15, -0.1) is 10.2 Å². The van der Waals surface area contributed by atoms with E-state index in [1.54, 1.807) is 17.5 Å². The summed E-state index contributed by atoms with van der Waals surface area (Å²) in [7, 11) is 1.90. The topological polar surface area (TPSA) is 104 Å². The lowest BCUT2D eigenvalue weighted by Crippen LogP contribution is -2.59. The van der Waals surface area contributed by atoms with Crippen molar-refractivity contribution < 1.29 is 0 Å². The average Bonchev–Trinajstić information content (AvgIpc) is 3.38. The summed E-state index contributed by atoms with van der Waals surface area (Å²) >= 11 is 1.67. The molecule has 0 radical (unpaired) electrons. The van der Waals surface area contributed by atoms with Gasteiger partial charge in [0.1, 0.15) is 22.5 Å². The molecule has 1 saturated heterocycles. The van der Waals surface area contributed by atoms with Gasteiger partial charge in [0.25, 0.3) is 0 Å². The van der Waals surface area contributed by atoms with Crippen LogP contribution >= 0.6 is 11.3 Å². The molecule has 154 valence electrons. The standard InChI is InChI=1S/C22H20N8S/c1-24-17-5-18(30-3-2-14-4-13(8-23)9-27-19(14)30)26-10-16(17)21-29-28-20(31-21)15-6-22(7-15)11-25-12-22/h2-5,9-10,15,25H,6-7,11-12H2,1H3,(H,24,26). The van der Waals surface area contributed by atoms with E-state index in [1.165, 1.54) is 12.8 Å². The summed E-state index contributed by atoms with van der Waals surface area (Å²) in [6.45, 7) is 2.29. The van der Waals surface area contributed by atoms with Gasteiger partial charge in [-0.1, -0.05) is 11.3 Å². The van der Waals surface area contributed by atoms with Crippen LogP contribution in [0.4, 0.5) is 5.69 Å². The summed E-state index contributed by atoms with van der Waals surface area (Å²) in [5.74, 6) is 1.29. The third-order valence-electron chi connectivity index (χ3n) is 6.44. The van der Waals surface area contributed by atoms with E-state index >= 15 is 0 Å². The van der Waals surface area contributed by atoms with Crippen molar-refractivity contribution >= 4 is 28.1 Å². The zero-order valence-electron chi connectivity index (χ0n) is 17.0. The third kappa shape index (κ3) is 2.91. The predicted octanol–water partition coefficient (Wildman–Crippen LogP) is 3.32. The van der Waals surface area contributed by atoms with E-state index in [0.717, 1.165) is 51.2 Å². The monoisotopic (exact) mass is 428 g/mol. The van der Waals surface area contributed by atoms with Crippen LogP contribution in [0.15, 0.2) is 36.8 Å². The van der Waals surface area contributed by atoms with Crippen molar-refractivity contribution in [2.24, 2.45) is 5.41 Å². The normalized spacial score (nSPS) is 17.3. The minimum absolute atomic E-state index is 0.525. The maximum Gasteiger partial charge on any atom is 0.151 e. The van der Waals surface area contributed by atoms with Gasteiger partial charge < -0.3 is 10.6 Å². The maximum absolute atomic E-state index is 9.09. The minimum Gasteiger partial charge on any atom is -0.387 e. The van der Waals surface area contributed by atoms with Crippen LogP contribution in [0.2, 0.25) is 0 Å². The van der Waals surface area contributed by atoms with E-state index in [1.807, 2.05) is 42.2 Å². The van der Waals surface area contributed by atoms with E-state index in [4.69, 9.17) is 5.26 Å². The molecule has 1 saturated carbocycles. The molecule has 31 heavy (non-hydrogen) atoms. The Bertz CT molecular complexity index is 1340. The quantitative estimate of drug-likeness (QED) is 0.514. The second kappa shape index (κ2) is 6.83. The first-order valence-electron chi connectivity index (χ1n) is 10.3. The Kier molecular flexibility index (Phi) is 4.06. The van der Waals surface area contributed by atoms with Gasteiger partial charge in [0.15, 0.2) is 5.01 Å². The Morgan fingerprint density at radius 1 is 1.23 bits per heavy atom. The molecule has 4 aromatic heterocycles. The molecule has 8 nitrogen and oxygen atoms in total. The van der Waals surface area contributed by atoms with Gasteiger partial charge in [-0.3, -0.25) is 4.57 Å². The molecule has 1 aliphatic carbocycles. The van der Waals surface area contributed by atoms with Crippen molar-refractivity contribution in [1.29, 1.82) is 5.26 Å². The lowest BCUT2D eigenvalue weighted by Gasteiger charge is -2.53. The molecule has 2 aliphatic rings. The van der Waals surface area contributed by atoms with Gasteiger partial charge >= 0.3 is 0 Å². The van der Waals surface area contributed by atoms with Crippen LogP contribution in [0, 0.1) is 16.7 Å². The Balaban J connectivity index is 1.31. The third-order valence-corrected chi connectivity index (χ3v) is 7.56. The van der Waals surface area contributed by atoms with Gasteiger partial charge in [0, 0.05) is 61.8 Å². The first kappa shape index (κ1) is 18.4. The molecule has 9 heteroatoms. The van der Waals surface area contributed by atoms with Crippen LogP contribution in [-0.4, -0.2) is 44.9 Å². The van der Waals surface area contributed by atoms with Crippen LogP contribution in [0.5, 0.6) is 0 Å². The molecule has 2 fully saturated rings. The molecule has 0 aromatic carbocycles. The van der Waals surface area contributed by atoms with Gasteiger partial charge in [-0.2, -0.15) is 5.26 Å². The number of fused-ring (bicyclic) bond motifs is 1. The summed E-state index contributed by atoms with van der Waals surface area (Å²) in [6.07, 6.45) is 7.78. The highest BCUT2D eigenvalue weighted by Gasteiger charge is 2.49. The number of anilines is 1. The second-order valence-electron chi connectivity index (χ2n) is 8.43. The van der Waals surface area contributed by atoms with Gasteiger partial charge in [0.2, 0.25) is 0 Å². The lowest BCUT2D eigenvalue weighted by molar-refractivity contribution is 0.0360. The Labute approximate surface area is 183 Å². The van der Waals surface area contributed by atoms with E-state index in [9.17, 15) is 0 Å². The first-order valence-corrected chi connectivity index (χ1v) is 11.1. The fourth-order valence-electron chi connectivity index (χ4n) is 4.66. The summed E-state index contributed by atoms with van der Waals surface area (Å²) in [4.78, 5) is 9.12. The van der Waals surface area contributed by atoms with Gasteiger partial charge in [-0.25, -0.2) is 9.97 Å². The largest absolute Gasteiger partial charge is 0.387 e. The highest BCUT2D eigenvalue weighted by molar-refractivity contribution is 7.14. The number of nitriles is 1. The number of hydrogen-bond acceptors (Lipinski definition) is 8. The smallest absolute Gasteiger partial charge is 0.151 e. The molecular formula is C22H20N8S. The molecule has 0 atom stereocenters. The minimum atomic E-state index is 0.525. The molecule has 6 rings (SSSR count). The zero-order chi connectivity index (χ0) is 21.0. The summed E-state index contributed by atoms with van der Waals surface area (Å²) in [5, 5.41) is 27.7. The molecule has 4 aromatic rings. The van der Waals surface area contributed by atoms with Crippen molar-refractivity contribution in [3.05, 3.63) is 47.4 Å². The van der Waals surface area contributed by atoms with Crippen LogP contribution in [0.25, 0.3) is 27.4 Å². The summed E-state index contributed by atoms with van der Waals surface area (Å²) < 4.78 is 1.92. The van der Waals surface area contributed by atoms with Crippen molar-refractivity contribution in [3.8, 4) is 22.5 Å². The molecule has 0 unspecified atom stereocenters. The molecule has 2 N–H and O–H groups in total. The predicted molar refractivity (Wildman–Crippen MR) is 119 cm³/mol. The SMILES string of the molecule is CNc1cc(-n2ccc3cc(C#N)cnc32)ncc1-c1nnc(C2CC3(CNC3)C2)s1. The highest BCUT2D eigenvalue weighted by Crippen LogP contribution is 2.54. The number of rotatable bonds is 4. The van der Waals surface area contributed by atoms with E-state index in [-0.39, 0.29) is 0 Å². The summed E-state index contributed by atoms with van der Waals surface area (Å²) in [5.41, 5.74) is 3.73. The first-order chi connectivity index (χ1) is 15.2. The van der Waals surface area contributed by atoms with E-state index in [2.05, 4.69) is 36.9 Å². The number of hydrogen-bond donors (Lipinski definition) is 2. The summed E-state index contributed by atoms with van der Waals surface area (Å²) in [6, 6.07) is 7.90. The van der Waals surface area contributed by atoms with Crippen LogP contribution < -0.4 is 10.6 Å². The van der Waals surface area contributed by atoms with Crippen molar-refractivity contribution in [3.63, 3.8) is 0 Å². The fourth-order valence-corrected chi connectivity index (χ4v) is 5.63. The Morgan fingerprint density at radius 2 is 2.10 bits per heavy atom.